The molecule has 0 spiro atoms. The molecule has 2 N–H and O–H groups in total. The van der Waals surface area contributed by atoms with E-state index in [1.807, 2.05) is 18.2 Å². The second-order valence-corrected chi connectivity index (χ2v) is 3.88. The zero-order valence-corrected chi connectivity index (χ0v) is 9.48. The highest BCUT2D eigenvalue weighted by Crippen LogP contribution is 2.07. The molecule has 1 aromatic rings. The minimum absolute atomic E-state index is 0.164. The summed E-state index contributed by atoms with van der Waals surface area (Å²) >= 11 is 0. The number of rotatable bonds is 6. The summed E-state index contributed by atoms with van der Waals surface area (Å²) in [6, 6.07) is 6.03. The van der Waals surface area contributed by atoms with Gasteiger partial charge in [0.2, 0.25) is 0 Å². The van der Waals surface area contributed by atoms with Gasteiger partial charge in [-0.15, -0.1) is 0 Å². The molecule has 0 aromatic carbocycles. The van der Waals surface area contributed by atoms with E-state index in [1.165, 1.54) is 0 Å². The second kappa shape index (κ2) is 6.53. The van der Waals surface area contributed by atoms with Crippen molar-refractivity contribution in [3.8, 4) is 0 Å². The van der Waals surface area contributed by atoms with Crippen LogP contribution >= 0.6 is 0 Å². The van der Waals surface area contributed by atoms with Crippen molar-refractivity contribution in [3.05, 3.63) is 30.1 Å². The number of aliphatic hydroxyl groups is 1. The van der Waals surface area contributed by atoms with Crippen LogP contribution in [0.3, 0.4) is 0 Å². The highest BCUT2D eigenvalue weighted by Gasteiger charge is 2.13. The van der Waals surface area contributed by atoms with Crippen LogP contribution in [0.15, 0.2) is 24.4 Å². The lowest BCUT2D eigenvalue weighted by atomic mass is 10.00. The average Bonchev–Trinajstić information content (AvgIpc) is 2.31. The van der Waals surface area contributed by atoms with Gasteiger partial charge in [0.05, 0.1) is 12.3 Å². The molecule has 0 saturated heterocycles. The zero-order chi connectivity index (χ0) is 11.1. The maximum absolute atomic E-state index is 9.22. The number of nitrogens with one attached hydrogen (secondary N) is 1. The summed E-state index contributed by atoms with van der Waals surface area (Å²) < 4.78 is 0. The fourth-order valence-corrected chi connectivity index (χ4v) is 1.47. The van der Waals surface area contributed by atoms with Crippen LogP contribution in [0.25, 0.3) is 0 Å². The fourth-order valence-electron chi connectivity index (χ4n) is 1.47. The first-order chi connectivity index (χ1) is 7.27. The van der Waals surface area contributed by atoms with E-state index < -0.39 is 0 Å². The van der Waals surface area contributed by atoms with E-state index in [0.717, 1.165) is 18.7 Å². The summed E-state index contributed by atoms with van der Waals surface area (Å²) in [5.41, 5.74) is 1.01. The number of pyridine rings is 1. The van der Waals surface area contributed by atoms with Crippen molar-refractivity contribution in [1.82, 2.24) is 10.3 Å². The van der Waals surface area contributed by atoms with Crippen molar-refractivity contribution < 1.29 is 5.11 Å². The van der Waals surface area contributed by atoms with Crippen LogP contribution in [-0.2, 0) is 6.54 Å². The predicted molar refractivity (Wildman–Crippen MR) is 61.4 cm³/mol. The normalized spacial score (nSPS) is 14.9. The first kappa shape index (κ1) is 12.1. The third-order valence-corrected chi connectivity index (χ3v) is 2.80. The van der Waals surface area contributed by atoms with Gasteiger partial charge < -0.3 is 10.4 Å². The first-order valence-electron chi connectivity index (χ1n) is 5.52. The summed E-state index contributed by atoms with van der Waals surface area (Å²) in [5.74, 6) is 0.485. The van der Waals surface area contributed by atoms with E-state index in [9.17, 15) is 5.11 Å². The topological polar surface area (TPSA) is 45.1 Å². The minimum Gasteiger partial charge on any atom is -0.395 e. The van der Waals surface area contributed by atoms with Crippen LogP contribution in [0, 0.1) is 5.92 Å². The summed E-state index contributed by atoms with van der Waals surface area (Å²) in [4.78, 5) is 4.23. The molecule has 0 aliphatic heterocycles. The Morgan fingerprint density at radius 3 is 2.80 bits per heavy atom. The largest absolute Gasteiger partial charge is 0.395 e. The molecule has 15 heavy (non-hydrogen) atoms. The monoisotopic (exact) mass is 208 g/mol. The van der Waals surface area contributed by atoms with Gasteiger partial charge in [0.25, 0.3) is 0 Å². The molecule has 1 rings (SSSR count). The average molecular weight is 208 g/mol. The van der Waals surface area contributed by atoms with Gasteiger partial charge in [-0.25, -0.2) is 0 Å². The van der Waals surface area contributed by atoms with Crippen molar-refractivity contribution in [3.63, 3.8) is 0 Å². The molecule has 3 heteroatoms. The Balaban J connectivity index is 2.41. The number of nitrogens with zero attached hydrogens (tertiary/aromatic N) is 1. The first-order valence-corrected chi connectivity index (χ1v) is 5.52. The van der Waals surface area contributed by atoms with Gasteiger partial charge >= 0.3 is 0 Å². The van der Waals surface area contributed by atoms with E-state index in [1.54, 1.807) is 6.20 Å². The zero-order valence-electron chi connectivity index (χ0n) is 9.48. The molecule has 0 amide bonds. The number of hydrogen-bond donors (Lipinski definition) is 2. The van der Waals surface area contributed by atoms with E-state index in [2.05, 4.69) is 24.1 Å². The summed E-state index contributed by atoms with van der Waals surface area (Å²) in [5, 5.41) is 12.5. The lowest BCUT2D eigenvalue weighted by Crippen LogP contribution is -2.37. The number of hydrogen-bond acceptors (Lipinski definition) is 3. The lowest BCUT2D eigenvalue weighted by Gasteiger charge is -2.21. The third kappa shape index (κ3) is 3.98. The molecule has 0 radical (unpaired) electrons. The molecule has 2 atom stereocenters. The molecule has 1 aromatic heterocycles. The molecule has 2 unspecified atom stereocenters. The van der Waals surface area contributed by atoms with E-state index in [-0.39, 0.29) is 12.6 Å². The van der Waals surface area contributed by atoms with Gasteiger partial charge in [-0.1, -0.05) is 26.3 Å². The summed E-state index contributed by atoms with van der Waals surface area (Å²) in [7, 11) is 0. The van der Waals surface area contributed by atoms with Crippen LogP contribution in [0.5, 0.6) is 0 Å². The molecule has 0 aliphatic carbocycles. The summed E-state index contributed by atoms with van der Waals surface area (Å²) in [6.45, 7) is 5.18. The number of aliphatic hydroxyl groups excluding tert-OH is 1. The van der Waals surface area contributed by atoms with Gasteiger partial charge in [0.1, 0.15) is 0 Å². The molecular weight excluding hydrogens is 188 g/mol. The van der Waals surface area contributed by atoms with Gasteiger partial charge in [0.15, 0.2) is 0 Å². The molecule has 1 heterocycles. The van der Waals surface area contributed by atoms with Crippen molar-refractivity contribution in [2.24, 2.45) is 5.92 Å². The van der Waals surface area contributed by atoms with Gasteiger partial charge in [0, 0.05) is 18.8 Å². The predicted octanol–water partition coefficient (Wildman–Crippen LogP) is 1.58. The molecule has 84 valence electrons. The Hall–Kier alpha value is -0.930. The smallest absolute Gasteiger partial charge is 0.0587 e. The maximum atomic E-state index is 9.22. The van der Waals surface area contributed by atoms with Crippen molar-refractivity contribution in [2.75, 3.05) is 6.61 Å². The molecule has 0 aliphatic rings. The molecule has 0 bridgehead atoms. The second-order valence-electron chi connectivity index (χ2n) is 3.88. The molecule has 3 nitrogen and oxygen atoms in total. The molecule has 0 fully saturated rings. The van der Waals surface area contributed by atoms with Crippen LogP contribution in [0.1, 0.15) is 26.0 Å². The highest BCUT2D eigenvalue weighted by molar-refractivity contribution is 5.03. The van der Waals surface area contributed by atoms with Crippen molar-refractivity contribution in [1.29, 1.82) is 0 Å². The Kier molecular flexibility index (Phi) is 5.29. The Bertz CT molecular complexity index is 264. The van der Waals surface area contributed by atoms with Crippen molar-refractivity contribution in [2.45, 2.75) is 32.9 Å². The molecule has 0 saturated carbocycles. The van der Waals surface area contributed by atoms with Crippen LogP contribution in [-0.4, -0.2) is 22.7 Å². The Morgan fingerprint density at radius 2 is 2.27 bits per heavy atom. The quantitative estimate of drug-likeness (QED) is 0.746. The fraction of sp³-hybridized carbons (Fsp3) is 0.583. The summed E-state index contributed by atoms with van der Waals surface area (Å²) in [6.07, 6.45) is 2.86. The van der Waals surface area contributed by atoms with Crippen LogP contribution < -0.4 is 5.32 Å². The third-order valence-electron chi connectivity index (χ3n) is 2.80. The number of aromatic nitrogens is 1. The van der Waals surface area contributed by atoms with Gasteiger partial charge in [-0.2, -0.15) is 0 Å². The molecular formula is C12H20N2O. The Morgan fingerprint density at radius 1 is 1.47 bits per heavy atom. The highest BCUT2D eigenvalue weighted by atomic mass is 16.3. The minimum atomic E-state index is 0.164. The van der Waals surface area contributed by atoms with Gasteiger partial charge in [-0.3, -0.25) is 4.98 Å². The van der Waals surface area contributed by atoms with E-state index >= 15 is 0 Å². The lowest BCUT2D eigenvalue weighted by molar-refractivity contribution is 0.200. The van der Waals surface area contributed by atoms with Crippen LogP contribution in [0.4, 0.5) is 0 Å². The van der Waals surface area contributed by atoms with Gasteiger partial charge in [-0.05, 0) is 18.1 Å². The van der Waals surface area contributed by atoms with E-state index in [4.69, 9.17) is 0 Å². The van der Waals surface area contributed by atoms with Crippen molar-refractivity contribution >= 4 is 0 Å². The standard InChI is InChI=1S/C12H20N2O/c1-3-10(2)12(9-15)14-8-11-6-4-5-7-13-11/h4-7,10,12,14-15H,3,8-9H2,1-2H3. The van der Waals surface area contributed by atoms with E-state index in [0.29, 0.717) is 5.92 Å². The SMILES string of the molecule is CCC(C)C(CO)NCc1ccccn1. The Labute approximate surface area is 91.5 Å². The maximum Gasteiger partial charge on any atom is 0.0587 e. The van der Waals surface area contributed by atoms with Crippen LogP contribution in [0.2, 0.25) is 0 Å².